The van der Waals surface area contributed by atoms with Gasteiger partial charge in [-0.25, -0.2) is 9.97 Å². The normalized spacial score (nSPS) is 25.3. The highest BCUT2D eigenvalue weighted by atomic mass is 35.5. The van der Waals surface area contributed by atoms with Crippen LogP contribution in [-0.4, -0.2) is 89.8 Å². The van der Waals surface area contributed by atoms with E-state index in [1.165, 1.54) is 0 Å². The lowest BCUT2D eigenvalue weighted by Gasteiger charge is -2.40. The summed E-state index contributed by atoms with van der Waals surface area (Å²) in [6, 6.07) is 7.93. The molecule has 3 aliphatic rings. The van der Waals surface area contributed by atoms with E-state index < -0.39 is 6.10 Å². The Morgan fingerprint density at radius 3 is 2.64 bits per heavy atom. The Hall–Kier alpha value is -2.26. The van der Waals surface area contributed by atoms with E-state index in [0.29, 0.717) is 44.2 Å². The van der Waals surface area contributed by atoms with E-state index in [0.717, 1.165) is 48.6 Å². The van der Waals surface area contributed by atoms with Gasteiger partial charge in [-0.2, -0.15) is 0 Å². The fourth-order valence-corrected chi connectivity index (χ4v) is 6.33. The molecule has 1 aliphatic carbocycles. The van der Waals surface area contributed by atoms with Crippen molar-refractivity contribution in [3.05, 3.63) is 52.4 Å². The summed E-state index contributed by atoms with van der Waals surface area (Å²) < 4.78 is 5.34. The van der Waals surface area contributed by atoms with E-state index >= 15 is 0 Å². The number of carbonyl (C=O) groups is 1. The number of anilines is 1. The number of ether oxygens (including phenoxy) is 1. The number of benzene rings is 1. The lowest BCUT2D eigenvalue weighted by atomic mass is 9.88. The number of aliphatic hydroxyl groups is 1. The van der Waals surface area contributed by atoms with Crippen molar-refractivity contribution in [2.75, 3.05) is 57.9 Å². The number of methoxy groups -OCH3 is 1. The summed E-state index contributed by atoms with van der Waals surface area (Å²) in [7, 11) is 1.72. The maximum atomic E-state index is 14.1. The SMILES string of the molecule is COCCN1CCCC1C(C(=O)N1CCN(c2ncnc3c2[C@H](C)C[C@H]3O)CC1)c1ccc(Cl)cc1. The van der Waals surface area contributed by atoms with Crippen LogP contribution >= 0.6 is 11.6 Å². The Labute approximate surface area is 218 Å². The minimum absolute atomic E-state index is 0.152. The second kappa shape index (κ2) is 11.0. The van der Waals surface area contributed by atoms with Crippen LogP contribution in [0.2, 0.25) is 5.02 Å². The molecule has 3 heterocycles. The fraction of sp³-hybridized carbons (Fsp3) is 0.593. The van der Waals surface area contributed by atoms with Gasteiger partial charge in [-0.3, -0.25) is 9.69 Å². The second-order valence-corrected chi connectivity index (χ2v) is 10.7. The summed E-state index contributed by atoms with van der Waals surface area (Å²) >= 11 is 6.18. The van der Waals surface area contributed by atoms with Gasteiger partial charge in [-0.15, -0.1) is 0 Å². The topological polar surface area (TPSA) is 82.0 Å². The van der Waals surface area contributed by atoms with E-state index in [4.69, 9.17) is 16.3 Å². The number of fused-ring (bicyclic) bond motifs is 1. The van der Waals surface area contributed by atoms with Gasteiger partial charge >= 0.3 is 0 Å². The largest absolute Gasteiger partial charge is 0.387 e. The summed E-state index contributed by atoms with van der Waals surface area (Å²) in [5, 5.41) is 11.1. The third-order valence-electron chi connectivity index (χ3n) is 8.05. The molecule has 2 aromatic rings. The third kappa shape index (κ3) is 4.96. The zero-order valence-electron chi connectivity index (χ0n) is 21.1. The minimum Gasteiger partial charge on any atom is -0.387 e. The average Bonchev–Trinajstić information content (AvgIpc) is 3.47. The maximum absolute atomic E-state index is 14.1. The van der Waals surface area contributed by atoms with Crippen LogP contribution in [0.3, 0.4) is 0 Å². The van der Waals surface area contributed by atoms with E-state index in [1.54, 1.807) is 13.4 Å². The molecule has 2 aliphatic heterocycles. The molecule has 2 fully saturated rings. The zero-order valence-corrected chi connectivity index (χ0v) is 21.9. The molecule has 1 aromatic carbocycles. The van der Waals surface area contributed by atoms with Crippen molar-refractivity contribution < 1.29 is 14.6 Å². The van der Waals surface area contributed by atoms with Gasteiger partial charge in [-0.05, 0) is 49.4 Å². The van der Waals surface area contributed by atoms with Crippen LogP contribution in [0.5, 0.6) is 0 Å². The van der Waals surface area contributed by atoms with Gasteiger partial charge in [0.2, 0.25) is 5.91 Å². The number of hydrogen-bond donors (Lipinski definition) is 1. The summed E-state index contributed by atoms with van der Waals surface area (Å²) in [5.41, 5.74) is 2.84. The Morgan fingerprint density at radius 2 is 1.92 bits per heavy atom. The first-order valence-corrected chi connectivity index (χ1v) is 13.4. The molecule has 0 radical (unpaired) electrons. The Kier molecular flexibility index (Phi) is 7.76. The van der Waals surface area contributed by atoms with Crippen LogP contribution in [0.4, 0.5) is 5.82 Å². The number of halogens is 1. The van der Waals surface area contributed by atoms with Crippen LogP contribution in [0, 0.1) is 0 Å². The predicted octanol–water partition coefficient (Wildman–Crippen LogP) is 3.21. The van der Waals surface area contributed by atoms with Crippen LogP contribution in [0.1, 0.15) is 60.9 Å². The second-order valence-electron chi connectivity index (χ2n) is 10.2. The van der Waals surface area contributed by atoms with E-state index in [1.807, 2.05) is 29.2 Å². The molecule has 194 valence electrons. The molecule has 1 N–H and O–H groups in total. The monoisotopic (exact) mass is 513 g/mol. The van der Waals surface area contributed by atoms with Crippen molar-refractivity contribution >= 4 is 23.3 Å². The molecule has 1 amide bonds. The summed E-state index contributed by atoms with van der Waals surface area (Å²) in [5.74, 6) is 1.09. The number of aromatic nitrogens is 2. The number of piperazine rings is 1. The summed E-state index contributed by atoms with van der Waals surface area (Å²) in [4.78, 5) is 29.7. The van der Waals surface area contributed by atoms with Gasteiger partial charge < -0.3 is 19.6 Å². The number of likely N-dealkylation sites (tertiary alicyclic amines) is 1. The molecule has 0 bridgehead atoms. The minimum atomic E-state index is -0.521. The first kappa shape index (κ1) is 25.4. The zero-order chi connectivity index (χ0) is 25.2. The molecule has 1 aromatic heterocycles. The molecule has 4 atom stereocenters. The standard InChI is InChI=1S/C27H36ClN5O3/c1-18-16-22(34)25-23(18)26(30-17-29-25)32-10-12-33(13-11-32)27(35)24(19-5-7-20(28)8-6-19)21-4-3-9-31(21)14-15-36-2/h5-8,17-18,21-22,24,34H,3-4,9-16H2,1-2H3/t18-,21?,22-,24?/m1/s1. The van der Waals surface area contributed by atoms with Crippen molar-refractivity contribution in [3.8, 4) is 0 Å². The summed E-state index contributed by atoms with van der Waals surface area (Å²) in [6.45, 7) is 7.30. The Bertz CT molecular complexity index is 1060. The number of aliphatic hydroxyl groups excluding tert-OH is 1. The van der Waals surface area contributed by atoms with Crippen LogP contribution < -0.4 is 4.90 Å². The lowest BCUT2D eigenvalue weighted by molar-refractivity contribution is -0.134. The Morgan fingerprint density at radius 1 is 1.17 bits per heavy atom. The molecule has 2 unspecified atom stereocenters. The van der Waals surface area contributed by atoms with E-state index in [9.17, 15) is 9.90 Å². The number of hydrogen-bond acceptors (Lipinski definition) is 7. The molecule has 5 rings (SSSR count). The Balaban J connectivity index is 1.34. The first-order valence-electron chi connectivity index (χ1n) is 13.0. The molecular formula is C27H36ClN5O3. The van der Waals surface area contributed by atoms with E-state index in [2.05, 4.69) is 26.7 Å². The van der Waals surface area contributed by atoms with Crippen LogP contribution in [0.15, 0.2) is 30.6 Å². The van der Waals surface area contributed by atoms with Gasteiger partial charge in [0, 0.05) is 56.5 Å². The number of rotatable bonds is 7. The first-order chi connectivity index (χ1) is 17.5. The highest BCUT2D eigenvalue weighted by molar-refractivity contribution is 6.30. The van der Waals surface area contributed by atoms with Crippen molar-refractivity contribution in [3.63, 3.8) is 0 Å². The summed E-state index contributed by atoms with van der Waals surface area (Å²) in [6.07, 6.45) is 3.80. The molecule has 8 nitrogen and oxygen atoms in total. The number of nitrogens with zero attached hydrogens (tertiary/aromatic N) is 5. The molecule has 36 heavy (non-hydrogen) atoms. The van der Waals surface area contributed by atoms with Crippen molar-refractivity contribution in [2.45, 2.75) is 50.2 Å². The molecule has 2 saturated heterocycles. The molecular weight excluding hydrogens is 478 g/mol. The molecule has 9 heteroatoms. The van der Waals surface area contributed by atoms with Gasteiger partial charge in [0.05, 0.1) is 24.3 Å². The smallest absolute Gasteiger partial charge is 0.231 e. The quantitative estimate of drug-likeness (QED) is 0.608. The third-order valence-corrected chi connectivity index (χ3v) is 8.30. The highest BCUT2D eigenvalue weighted by Gasteiger charge is 2.40. The van der Waals surface area contributed by atoms with Crippen molar-refractivity contribution in [1.82, 2.24) is 19.8 Å². The van der Waals surface area contributed by atoms with Crippen LogP contribution in [-0.2, 0) is 9.53 Å². The van der Waals surface area contributed by atoms with Crippen molar-refractivity contribution in [1.29, 1.82) is 0 Å². The molecule has 0 saturated carbocycles. The van der Waals surface area contributed by atoms with Gasteiger partial charge in [-0.1, -0.05) is 30.7 Å². The molecule has 0 spiro atoms. The van der Waals surface area contributed by atoms with Crippen LogP contribution in [0.25, 0.3) is 0 Å². The fourth-order valence-electron chi connectivity index (χ4n) is 6.20. The average molecular weight is 514 g/mol. The maximum Gasteiger partial charge on any atom is 0.231 e. The van der Waals surface area contributed by atoms with Gasteiger partial charge in [0.15, 0.2) is 0 Å². The number of carbonyl (C=O) groups excluding carboxylic acids is 1. The number of amides is 1. The van der Waals surface area contributed by atoms with Gasteiger partial charge in [0.1, 0.15) is 12.1 Å². The lowest BCUT2D eigenvalue weighted by Crippen LogP contribution is -2.53. The highest BCUT2D eigenvalue weighted by Crippen LogP contribution is 2.43. The predicted molar refractivity (Wildman–Crippen MR) is 139 cm³/mol. The van der Waals surface area contributed by atoms with E-state index in [-0.39, 0.29) is 23.8 Å². The van der Waals surface area contributed by atoms with Crippen molar-refractivity contribution in [2.24, 2.45) is 0 Å². The van der Waals surface area contributed by atoms with Gasteiger partial charge in [0.25, 0.3) is 0 Å².